The van der Waals surface area contributed by atoms with Crippen molar-refractivity contribution in [1.29, 1.82) is 0 Å². The summed E-state index contributed by atoms with van der Waals surface area (Å²) in [7, 11) is 1.68. The zero-order chi connectivity index (χ0) is 12.3. The molecule has 0 aliphatic rings. The molecule has 92 valence electrons. The van der Waals surface area contributed by atoms with E-state index in [4.69, 9.17) is 9.15 Å². The summed E-state index contributed by atoms with van der Waals surface area (Å²) in [5.41, 5.74) is 0.821. The van der Waals surface area contributed by atoms with Crippen LogP contribution in [0, 0.1) is 0 Å². The van der Waals surface area contributed by atoms with Gasteiger partial charge in [-0.1, -0.05) is 18.2 Å². The van der Waals surface area contributed by atoms with Crippen molar-refractivity contribution in [3.05, 3.63) is 36.1 Å². The molecule has 1 aromatic carbocycles. The first-order chi connectivity index (χ1) is 8.20. The molecule has 0 spiro atoms. The Morgan fingerprint density at radius 1 is 1.29 bits per heavy atom. The highest BCUT2D eigenvalue weighted by molar-refractivity contribution is 5.77. The Balaban J connectivity index is 2.06. The highest BCUT2D eigenvalue weighted by Gasteiger charge is 2.14. The van der Waals surface area contributed by atoms with Crippen molar-refractivity contribution in [3.63, 3.8) is 0 Å². The maximum atomic E-state index is 10.0. The van der Waals surface area contributed by atoms with Gasteiger partial charge in [-0.05, 0) is 31.9 Å². The van der Waals surface area contributed by atoms with E-state index in [1.54, 1.807) is 7.11 Å². The fourth-order valence-corrected chi connectivity index (χ4v) is 1.82. The lowest BCUT2D eigenvalue weighted by atomic mass is 10.1. The molecule has 17 heavy (non-hydrogen) atoms. The van der Waals surface area contributed by atoms with Crippen LogP contribution >= 0.6 is 0 Å². The van der Waals surface area contributed by atoms with E-state index < -0.39 is 6.10 Å². The molecule has 0 aliphatic carbocycles. The smallest absolute Gasteiger partial charge is 0.134 e. The van der Waals surface area contributed by atoms with Crippen LogP contribution in [0.3, 0.4) is 0 Å². The standard InChI is InChI=1S/C14H18O3/c1-10(16-2)7-8-12(15)14-9-11-5-3-4-6-13(11)17-14/h3-6,9-10,12,15H,7-8H2,1-2H3. The molecule has 2 atom stereocenters. The molecule has 0 radical (unpaired) electrons. The number of benzene rings is 1. The second-order valence-corrected chi connectivity index (χ2v) is 4.33. The number of para-hydroxylation sites is 1. The first-order valence-corrected chi connectivity index (χ1v) is 5.90. The fourth-order valence-electron chi connectivity index (χ4n) is 1.82. The SMILES string of the molecule is COC(C)CCC(O)c1cc2ccccc2o1. The molecule has 0 bridgehead atoms. The van der Waals surface area contributed by atoms with Gasteiger partial charge < -0.3 is 14.3 Å². The van der Waals surface area contributed by atoms with E-state index in [0.717, 1.165) is 17.4 Å². The summed E-state index contributed by atoms with van der Waals surface area (Å²) in [6.07, 6.45) is 1.07. The number of aliphatic hydroxyl groups excluding tert-OH is 1. The number of methoxy groups -OCH3 is 1. The molecule has 3 nitrogen and oxygen atoms in total. The van der Waals surface area contributed by atoms with E-state index in [9.17, 15) is 5.11 Å². The van der Waals surface area contributed by atoms with Crippen LogP contribution in [0.1, 0.15) is 31.6 Å². The Labute approximate surface area is 101 Å². The third-order valence-electron chi connectivity index (χ3n) is 3.02. The lowest BCUT2D eigenvalue weighted by Crippen LogP contribution is -2.07. The van der Waals surface area contributed by atoms with Crippen molar-refractivity contribution in [2.24, 2.45) is 0 Å². The highest BCUT2D eigenvalue weighted by Crippen LogP contribution is 2.26. The van der Waals surface area contributed by atoms with Gasteiger partial charge >= 0.3 is 0 Å². The Morgan fingerprint density at radius 3 is 2.76 bits per heavy atom. The summed E-state index contributed by atoms with van der Waals surface area (Å²) in [6, 6.07) is 9.67. The normalized spacial score (nSPS) is 15.0. The lowest BCUT2D eigenvalue weighted by Gasteiger charge is -2.11. The predicted octanol–water partition coefficient (Wildman–Crippen LogP) is 3.28. The average Bonchev–Trinajstić information content (AvgIpc) is 2.79. The van der Waals surface area contributed by atoms with Crippen molar-refractivity contribution in [2.45, 2.75) is 32.0 Å². The predicted molar refractivity (Wildman–Crippen MR) is 66.9 cm³/mol. The fraction of sp³-hybridized carbons (Fsp3) is 0.429. The van der Waals surface area contributed by atoms with E-state index in [1.807, 2.05) is 37.3 Å². The molecule has 2 unspecified atom stereocenters. The molecule has 0 amide bonds. The van der Waals surface area contributed by atoms with Gasteiger partial charge in [0, 0.05) is 12.5 Å². The number of aliphatic hydroxyl groups is 1. The van der Waals surface area contributed by atoms with Crippen molar-refractivity contribution >= 4 is 11.0 Å². The van der Waals surface area contributed by atoms with E-state index in [-0.39, 0.29) is 6.10 Å². The van der Waals surface area contributed by atoms with Crippen LogP contribution in [0.25, 0.3) is 11.0 Å². The van der Waals surface area contributed by atoms with Gasteiger partial charge in [0.1, 0.15) is 17.4 Å². The second-order valence-electron chi connectivity index (χ2n) is 4.33. The van der Waals surface area contributed by atoms with Crippen LogP contribution in [-0.2, 0) is 4.74 Å². The molecule has 3 heteroatoms. The molecule has 1 heterocycles. The summed E-state index contributed by atoms with van der Waals surface area (Å²) in [4.78, 5) is 0. The number of hydrogen-bond acceptors (Lipinski definition) is 3. The monoisotopic (exact) mass is 234 g/mol. The van der Waals surface area contributed by atoms with Crippen molar-refractivity contribution in [1.82, 2.24) is 0 Å². The Kier molecular flexibility index (Phi) is 3.82. The van der Waals surface area contributed by atoms with Gasteiger partial charge in [0.15, 0.2) is 0 Å². The van der Waals surface area contributed by atoms with Gasteiger partial charge in [-0.25, -0.2) is 0 Å². The summed E-state index contributed by atoms with van der Waals surface area (Å²) in [6.45, 7) is 1.99. The molecule has 1 N–H and O–H groups in total. The molecule has 1 aromatic heterocycles. The Morgan fingerprint density at radius 2 is 2.06 bits per heavy atom. The van der Waals surface area contributed by atoms with Crippen molar-refractivity contribution in [2.75, 3.05) is 7.11 Å². The van der Waals surface area contributed by atoms with Crippen LogP contribution in [-0.4, -0.2) is 18.3 Å². The molecule has 0 saturated heterocycles. The Hall–Kier alpha value is -1.32. The highest BCUT2D eigenvalue weighted by atomic mass is 16.5. The van der Waals surface area contributed by atoms with Crippen LogP contribution in [0.5, 0.6) is 0 Å². The van der Waals surface area contributed by atoms with Gasteiger partial charge in [0.2, 0.25) is 0 Å². The van der Waals surface area contributed by atoms with Gasteiger partial charge in [-0.2, -0.15) is 0 Å². The van der Waals surface area contributed by atoms with Crippen LogP contribution in [0.2, 0.25) is 0 Å². The first-order valence-electron chi connectivity index (χ1n) is 5.90. The Bertz CT molecular complexity index is 442. The minimum atomic E-state index is -0.556. The van der Waals surface area contributed by atoms with Gasteiger partial charge in [0.05, 0.1) is 6.10 Å². The minimum absolute atomic E-state index is 0.161. The molecule has 2 aromatic rings. The summed E-state index contributed by atoms with van der Waals surface area (Å²) >= 11 is 0. The lowest BCUT2D eigenvalue weighted by molar-refractivity contribution is 0.0786. The van der Waals surface area contributed by atoms with Crippen molar-refractivity contribution in [3.8, 4) is 0 Å². The topological polar surface area (TPSA) is 42.6 Å². The molecule has 0 aliphatic heterocycles. The number of furan rings is 1. The molecule has 0 saturated carbocycles. The van der Waals surface area contributed by atoms with Crippen LogP contribution < -0.4 is 0 Å². The molecular weight excluding hydrogens is 216 g/mol. The number of rotatable bonds is 5. The third-order valence-corrected chi connectivity index (χ3v) is 3.02. The maximum absolute atomic E-state index is 10.0. The van der Waals surface area contributed by atoms with Gasteiger partial charge in [-0.3, -0.25) is 0 Å². The van der Waals surface area contributed by atoms with E-state index >= 15 is 0 Å². The van der Waals surface area contributed by atoms with Crippen molar-refractivity contribution < 1.29 is 14.3 Å². The zero-order valence-electron chi connectivity index (χ0n) is 10.2. The second kappa shape index (κ2) is 5.34. The average molecular weight is 234 g/mol. The number of hydrogen-bond donors (Lipinski definition) is 1. The summed E-state index contributed by atoms with van der Waals surface area (Å²) in [5, 5.41) is 11.0. The van der Waals surface area contributed by atoms with E-state index in [2.05, 4.69) is 0 Å². The molecule has 2 rings (SSSR count). The quantitative estimate of drug-likeness (QED) is 0.863. The van der Waals surface area contributed by atoms with Crippen LogP contribution in [0.15, 0.2) is 34.7 Å². The summed E-state index contributed by atoms with van der Waals surface area (Å²) in [5.74, 6) is 0.634. The minimum Gasteiger partial charge on any atom is -0.458 e. The van der Waals surface area contributed by atoms with E-state index in [1.165, 1.54) is 0 Å². The zero-order valence-corrected chi connectivity index (χ0v) is 10.2. The van der Waals surface area contributed by atoms with E-state index in [0.29, 0.717) is 12.2 Å². The molecular formula is C14H18O3. The van der Waals surface area contributed by atoms with Gasteiger partial charge in [-0.15, -0.1) is 0 Å². The van der Waals surface area contributed by atoms with Gasteiger partial charge in [0.25, 0.3) is 0 Å². The summed E-state index contributed by atoms with van der Waals surface area (Å²) < 4.78 is 10.8. The largest absolute Gasteiger partial charge is 0.458 e. The molecule has 0 fully saturated rings. The third kappa shape index (κ3) is 2.87. The van der Waals surface area contributed by atoms with Crippen LogP contribution in [0.4, 0.5) is 0 Å². The maximum Gasteiger partial charge on any atom is 0.134 e. The number of ether oxygens (including phenoxy) is 1. The first kappa shape index (κ1) is 12.1. The number of fused-ring (bicyclic) bond motifs is 1.